The van der Waals surface area contributed by atoms with Crippen molar-refractivity contribution >= 4 is 46.7 Å². The van der Waals surface area contributed by atoms with E-state index in [0.717, 1.165) is 0 Å². The van der Waals surface area contributed by atoms with E-state index in [1.165, 1.54) is 11.8 Å². The van der Waals surface area contributed by atoms with Crippen molar-refractivity contribution in [3.63, 3.8) is 0 Å². The predicted octanol–water partition coefficient (Wildman–Crippen LogP) is 3.84. The number of nitrogens with zero attached hydrogens (tertiary/aromatic N) is 2. The molecular formula is C17H15Cl2N3O2S. The zero-order valence-corrected chi connectivity index (χ0v) is 15.7. The van der Waals surface area contributed by atoms with Crippen LogP contribution in [0.5, 0.6) is 0 Å². The maximum atomic E-state index is 12.7. The highest BCUT2D eigenvalue weighted by molar-refractivity contribution is 7.99. The summed E-state index contributed by atoms with van der Waals surface area (Å²) in [6.07, 6.45) is 1.84. The molecule has 3 rings (SSSR count). The van der Waals surface area contributed by atoms with Crippen LogP contribution >= 0.6 is 35.0 Å². The maximum Gasteiger partial charge on any atom is 0.279 e. The summed E-state index contributed by atoms with van der Waals surface area (Å²) in [6, 6.07) is 5.20. The molecule has 1 unspecified atom stereocenters. The van der Waals surface area contributed by atoms with Gasteiger partial charge in [-0.1, -0.05) is 53.2 Å². The Morgan fingerprint density at radius 2 is 2.20 bits per heavy atom. The zero-order valence-electron chi connectivity index (χ0n) is 13.4. The number of halogens is 2. The predicted molar refractivity (Wildman–Crippen MR) is 102 cm³/mol. The number of hydrogen-bond acceptors (Lipinski definition) is 4. The molecule has 0 saturated carbocycles. The van der Waals surface area contributed by atoms with Crippen LogP contribution in [0, 0.1) is 0 Å². The Kier molecular flexibility index (Phi) is 5.22. The summed E-state index contributed by atoms with van der Waals surface area (Å²) in [4.78, 5) is 29.1. The first-order chi connectivity index (χ1) is 11.9. The molecule has 1 aromatic carbocycles. The van der Waals surface area contributed by atoms with Gasteiger partial charge in [0, 0.05) is 25.1 Å². The number of rotatable bonds is 4. The number of hydrogen-bond donors (Lipinski definition) is 1. The molecule has 1 aliphatic heterocycles. The summed E-state index contributed by atoms with van der Waals surface area (Å²) in [7, 11) is 1.76. The number of aromatic nitrogens is 2. The van der Waals surface area contributed by atoms with Gasteiger partial charge in [-0.25, -0.2) is 0 Å². The Morgan fingerprint density at radius 3 is 2.92 bits per heavy atom. The maximum absolute atomic E-state index is 12.7. The molecule has 1 aromatic heterocycles. The van der Waals surface area contributed by atoms with E-state index < -0.39 is 5.92 Å². The molecule has 1 N–H and O–H groups in total. The van der Waals surface area contributed by atoms with Crippen LogP contribution in [-0.4, -0.2) is 21.2 Å². The van der Waals surface area contributed by atoms with Gasteiger partial charge in [-0.05, 0) is 11.6 Å². The molecule has 2 aromatic rings. The van der Waals surface area contributed by atoms with Crippen molar-refractivity contribution in [2.45, 2.75) is 17.5 Å². The van der Waals surface area contributed by atoms with Crippen LogP contribution in [0.3, 0.4) is 0 Å². The average Bonchev–Trinajstić information content (AvgIpc) is 2.58. The first-order valence-electron chi connectivity index (χ1n) is 7.52. The van der Waals surface area contributed by atoms with E-state index in [0.29, 0.717) is 37.9 Å². The van der Waals surface area contributed by atoms with Gasteiger partial charge in [-0.15, -0.1) is 6.58 Å². The number of amides is 1. The fourth-order valence-electron chi connectivity index (χ4n) is 2.85. The third-order valence-corrected chi connectivity index (χ3v) is 5.85. The van der Waals surface area contributed by atoms with Crippen molar-refractivity contribution in [3.05, 3.63) is 62.4 Å². The van der Waals surface area contributed by atoms with Crippen molar-refractivity contribution in [1.29, 1.82) is 0 Å². The minimum atomic E-state index is -0.486. The lowest BCUT2D eigenvalue weighted by atomic mass is 9.86. The summed E-state index contributed by atoms with van der Waals surface area (Å²) < 4.78 is 1.72. The van der Waals surface area contributed by atoms with Gasteiger partial charge < -0.3 is 9.88 Å². The fraction of sp³-hybridized carbons (Fsp3) is 0.235. The molecule has 0 radical (unpaired) electrons. The first kappa shape index (κ1) is 18.0. The van der Waals surface area contributed by atoms with E-state index in [9.17, 15) is 9.59 Å². The number of carbonyl (C=O) groups is 1. The van der Waals surface area contributed by atoms with Gasteiger partial charge in [-0.2, -0.15) is 4.98 Å². The third kappa shape index (κ3) is 3.34. The lowest BCUT2D eigenvalue weighted by Crippen LogP contribution is -2.33. The normalized spacial score (nSPS) is 16.3. The number of fused-ring (bicyclic) bond motifs is 1. The van der Waals surface area contributed by atoms with Crippen molar-refractivity contribution < 1.29 is 4.79 Å². The molecule has 0 fully saturated rings. The lowest BCUT2D eigenvalue weighted by Gasteiger charge is -2.28. The average molecular weight is 396 g/mol. The molecule has 25 heavy (non-hydrogen) atoms. The van der Waals surface area contributed by atoms with E-state index in [2.05, 4.69) is 16.9 Å². The summed E-state index contributed by atoms with van der Waals surface area (Å²) in [5.74, 6) is 0.384. The number of anilines is 1. The van der Waals surface area contributed by atoms with Crippen LogP contribution in [0.2, 0.25) is 10.0 Å². The van der Waals surface area contributed by atoms with Gasteiger partial charge in [0.1, 0.15) is 5.82 Å². The van der Waals surface area contributed by atoms with Gasteiger partial charge >= 0.3 is 0 Å². The Hall–Kier alpha value is -1.76. The van der Waals surface area contributed by atoms with Gasteiger partial charge in [0.2, 0.25) is 5.91 Å². The summed E-state index contributed by atoms with van der Waals surface area (Å²) in [5, 5.41) is 4.04. The first-order valence-corrected chi connectivity index (χ1v) is 9.26. The van der Waals surface area contributed by atoms with Crippen LogP contribution in [0.1, 0.15) is 23.5 Å². The summed E-state index contributed by atoms with van der Waals surface area (Å²) in [6.45, 7) is 3.66. The highest BCUT2D eigenvalue weighted by Crippen LogP contribution is 2.40. The molecule has 0 saturated heterocycles. The number of nitrogens with one attached hydrogen (secondary N) is 1. The third-order valence-electron chi connectivity index (χ3n) is 3.99. The van der Waals surface area contributed by atoms with E-state index in [1.807, 2.05) is 0 Å². The smallest absolute Gasteiger partial charge is 0.279 e. The SMILES string of the molecule is C=CCSc1nc(=O)c2c(n1C)NC(=O)CC2c1cccc(Cl)c1Cl. The Labute approximate surface area is 159 Å². The Morgan fingerprint density at radius 1 is 1.44 bits per heavy atom. The quantitative estimate of drug-likeness (QED) is 0.485. The second-order valence-corrected chi connectivity index (χ2v) is 7.34. The van der Waals surface area contributed by atoms with Gasteiger partial charge in [0.15, 0.2) is 5.16 Å². The number of benzene rings is 1. The highest BCUT2D eigenvalue weighted by Gasteiger charge is 2.33. The fourth-order valence-corrected chi connectivity index (χ4v) is 3.99. The number of carbonyl (C=O) groups excluding carboxylic acids is 1. The molecule has 0 aliphatic carbocycles. The molecular weight excluding hydrogens is 381 g/mol. The van der Waals surface area contributed by atoms with E-state index in [1.54, 1.807) is 35.9 Å². The Bertz CT molecular complexity index is 927. The highest BCUT2D eigenvalue weighted by atomic mass is 35.5. The molecule has 1 amide bonds. The van der Waals surface area contributed by atoms with Gasteiger partial charge in [0.05, 0.1) is 15.6 Å². The van der Waals surface area contributed by atoms with Gasteiger partial charge in [-0.3, -0.25) is 9.59 Å². The molecule has 130 valence electrons. The van der Waals surface area contributed by atoms with Gasteiger partial charge in [0.25, 0.3) is 5.56 Å². The van der Waals surface area contributed by atoms with Crippen LogP contribution in [0.25, 0.3) is 0 Å². The van der Waals surface area contributed by atoms with Crippen LogP contribution in [0.4, 0.5) is 5.82 Å². The van der Waals surface area contributed by atoms with E-state index in [4.69, 9.17) is 23.2 Å². The zero-order chi connectivity index (χ0) is 18.1. The molecule has 8 heteroatoms. The molecule has 5 nitrogen and oxygen atoms in total. The molecule has 0 bridgehead atoms. The van der Waals surface area contributed by atoms with Crippen LogP contribution < -0.4 is 10.9 Å². The minimum absolute atomic E-state index is 0.114. The second kappa shape index (κ2) is 7.23. The summed E-state index contributed by atoms with van der Waals surface area (Å²) >= 11 is 13.8. The minimum Gasteiger partial charge on any atom is -0.312 e. The second-order valence-electron chi connectivity index (χ2n) is 5.57. The monoisotopic (exact) mass is 395 g/mol. The lowest BCUT2D eigenvalue weighted by molar-refractivity contribution is -0.116. The summed E-state index contributed by atoms with van der Waals surface area (Å²) in [5.41, 5.74) is 0.700. The standard InChI is InChI=1S/C17H15Cl2N3O2S/c1-3-7-25-17-21-16(24)13-10(8-12(23)20-15(13)22(17)2)9-5-4-6-11(18)14(9)19/h3-6,10H,1,7-8H2,2H3,(H,20,23). The molecule has 1 atom stereocenters. The van der Waals surface area contributed by atoms with E-state index >= 15 is 0 Å². The van der Waals surface area contributed by atoms with Crippen LogP contribution in [0.15, 0.2) is 40.8 Å². The van der Waals surface area contributed by atoms with Crippen molar-refractivity contribution in [2.24, 2.45) is 7.05 Å². The van der Waals surface area contributed by atoms with Crippen LogP contribution in [-0.2, 0) is 11.8 Å². The van der Waals surface area contributed by atoms with Crippen molar-refractivity contribution in [2.75, 3.05) is 11.1 Å². The largest absolute Gasteiger partial charge is 0.312 e. The molecule has 0 spiro atoms. The van der Waals surface area contributed by atoms with Crippen molar-refractivity contribution in [1.82, 2.24) is 9.55 Å². The Balaban J connectivity index is 2.20. The number of thioether (sulfide) groups is 1. The molecule has 2 heterocycles. The van der Waals surface area contributed by atoms with Crippen molar-refractivity contribution in [3.8, 4) is 0 Å². The van der Waals surface area contributed by atoms with E-state index in [-0.39, 0.29) is 17.9 Å². The molecule has 1 aliphatic rings. The topological polar surface area (TPSA) is 64.0 Å².